The van der Waals surface area contributed by atoms with Crippen LogP contribution in [0, 0.1) is 0 Å². The number of carboxylic acids is 1. The lowest BCUT2D eigenvalue weighted by Gasteiger charge is -2.40. The molecule has 6 heteroatoms. The van der Waals surface area contributed by atoms with Crippen LogP contribution in [0.1, 0.15) is 39.2 Å². The highest BCUT2D eigenvalue weighted by Crippen LogP contribution is 2.34. The average molecular weight is 339 g/mol. The largest absolute Gasteiger partial charge is 0.548 e. The molecule has 5 nitrogen and oxygen atoms in total. The Morgan fingerprint density at radius 2 is 1.91 bits per heavy atom. The summed E-state index contributed by atoms with van der Waals surface area (Å²) in [6.45, 7) is 5.60. The van der Waals surface area contributed by atoms with Crippen LogP contribution in [0.25, 0.3) is 0 Å². The van der Waals surface area contributed by atoms with Gasteiger partial charge in [-0.1, -0.05) is 23.7 Å². The predicted molar refractivity (Wildman–Crippen MR) is 85.1 cm³/mol. The Kier molecular flexibility index (Phi) is 4.90. The van der Waals surface area contributed by atoms with Crippen LogP contribution < -0.4 is 5.11 Å². The Hall–Kier alpha value is -1.75. The molecule has 0 saturated carbocycles. The fraction of sp³-hybridized carbons (Fsp3) is 0.529. The van der Waals surface area contributed by atoms with Gasteiger partial charge in [0.05, 0.1) is 11.5 Å². The van der Waals surface area contributed by atoms with Gasteiger partial charge in [0.1, 0.15) is 5.60 Å². The number of rotatable bonds is 3. The van der Waals surface area contributed by atoms with Crippen LogP contribution in [0.4, 0.5) is 4.79 Å². The number of carbonyl (C=O) groups excluding carboxylic acids is 2. The van der Waals surface area contributed by atoms with Crippen LogP contribution in [-0.2, 0) is 16.0 Å². The van der Waals surface area contributed by atoms with E-state index < -0.39 is 23.2 Å². The zero-order valence-electron chi connectivity index (χ0n) is 13.6. The van der Waals surface area contributed by atoms with Crippen molar-refractivity contribution in [2.75, 3.05) is 6.54 Å². The van der Waals surface area contributed by atoms with E-state index in [4.69, 9.17) is 16.3 Å². The van der Waals surface area contributed by atoms with E-state index in [2.05, 4.69) is 0 Å². The highest BCUT2D eigenvalue weighted by molar-refractivity contribution is 6.30. The maximum Gasteiger partial charge on any atom is 0.411 e. The van der Waals surface area contributed by atoms with Gasteiger partial charge in [-0.2, -0.15) is 0 Å². The first-order valence-corrected chi connectivity index (χ1v) is 7.98. The summed E-state index contributed by atoms with van der Waals surface area (Å²) < 4.78 is 5.36. The molecule has 1 amide bonds. The van der Waals surface area contributed by atoms with E-state index in [9.17, 15) is 14.7 Å². The first kappa shape index (κ1) is 17.6. The molecular formula is C17H21ClNO4-. The van der Waals surface area contributed by atoms with Gasteiger partial charge >= 0.3 is 6.09 Å². The zero-order valence-corrected chi connectivity index (χ0v) is 14.4. The normalized spacial score (nSPS) is 21.3. The number of ether oxygens (including phenoxy) is 1. The maximum absolute atomic E-state index is 12.4. The molecular weight excluding hydrogens is 318 g/mol. The van der Waals surface area contributed by atoms with Crippen molar-refractivity contribution in [2.24, 2.45) is 0 Å². The van der Waals surface area contributed by atoms with Gasteiger partial charge in [0.2, 0.25) is 0 Å². The van der Waals surface area contributed by atoms with Gasteiger partial charge in [0.25, 0.3) is 0 Å². The van der Waals surface area contributed by atoms with Crippen LogP contribution >= 0.6 is 11.6 Å². The van der Waals surface area contributed by atoms with Crippen LogP contribution in [0.2, 0.25) is 5.02 Å². The molecule has 2 rings (SSSR count). The summed E-state index contributed by atoms with van der Waals surface area (Å²) >= 11 is 5.86. The zero-order chi connectivity index (χ0) is 17.3. The molecule has 0 N–H and O–H groups in total. The molecule has 0 aromatic heterocycles. The molecule has 1 aliphatic heterocycles. The number of nitrogens with zero attached hydrogens (tertiary/aromatic N) is 1. The van der Waals surface area contributed by atoms with Gasteiger partial charge in [-0.05, 0) is 51.3 Å². The topological polar surface area (TPSA) is 69.7 Å². The highest BCUT2D eigenvalue weighted by Gasteiger charge is 2.46. The lowest BCUT2D eigenvalue weighted by atomic mass is 9.88. The molecule has 1 heterocycles. The minimum Gasteiger partial charge on any atom is -0.548 e. The van der Waals surface area contributed by atoms with Crippen molar-refractivity contribution in [3.8, 4) is 0 Å². The van der Waals surface area contributed by atoms with E-state index in [1.807, 2.05) is 0 Å². The number of benzene rings is 1. The molecule has 0 aliphatic carbocycles. The number of carboxylic acid groups (broad SMARTS) is 1. The van der Waals surface area contributed by atoms with Crippen LogP contribution in [0.15, 0.2) is 24.3 Å². The van der Waals surface area contributed by atoms with Gasteiger partial charge in [0.15, 0.2) is 0 Å². The van der Waals surface area contributed by atoms with Gasteiger partial charge < -0.3 is 14.6 Å². The van der Waals surface area contributed by atoms with Crippen LogP contribution in [0.3, 0.4) is 0 Å². The SMILES string of the molecule is CC(C)(C)OC(=O)N1CCC[C@]1(Cc1ccc(Cl)cc1)C(=O)[O-]. The molecule has 0 spiro atoms. The Morgan fingerprint density at radius 1 is 1.30 bits per heavy atom. The lowest BCUT2D eigenvalue weighted by Crippen LogP contribution is -2.60. The second-order valence-electron chi connectivity index (χ2n) is 6.86. The number of amides is 1. The molecule has 0 bridgehead atoms. The van der Waals surface area contributed by atoms with E-state index in [1.54, 1.807) is 45.0 Å². The van der Waals surface area contributed by atoms with Crippen molar-refractivity contribution >= 4 is 23.7 Å². The van der Waals surface area contributed by atoms with Gasteiger partial charge in [-0.25, -0.2) is 4.79 Å². The molecule has 1 saturated heterocycles. The van der Waals surface area contributed by atoms with Crippen LogP contribution in [0.5, 0.6) is 0 Å². The second kappa shape index (κ2) is 6.40. The molecule has 0 unspecified atom stereocenters. The van der Waals surface area contributed by atoms with Crippen molar-refractivity contribution in [1.82, 2.24) is 4.90 Å². The van der Waals surface area contributed by atoms with E-state index >= 15 is 0 Å². The fourth-order valence-electron chi connectivity index (χ4n) is 2.87. The quantitative estimate of drug-likeness (QED) is 0.848. The first-order chi connectivity index (χ1) is 10.6. The number of aliphatic carboxylic acids is 1. The van der Waals surface area contributed by atoms with E-state index in [1.165, 1.54) is 4.90 Å². The summed E-state index contributed by atoms with van der Waals surface area (Å²) in [5.74, 6) is -1.25. The van der Waals surface area contributed by atoms with Gasteiger partial charge in [-0.3, -0.25) is 4.90 Å². The Labute approximate surface area is 141 Å². The molecule has 126 valence electrons. The van der Waals surface area contributed by atoms with Crippen molar-refractivity contribution in [3.05, 3.63) is 34.9 Å². The standard InChI is InChI=1S/C17H22ClNO4/c1-16(2,3)23-15(22)19-10-4-9-17(19,14(20)21)11-12-5-7-13(18)8-6-12/h5-8H,4,9-11H2,1-3H3,(H,20,21)/p-1/t17-/m0/s1. The summed E-state index contributed by atoms with van der Waals surface area (Å²) in [7, 11) is 0. The van der Waals surface area contributed by atoms with E-state index in [0.29, 0.717) is 24.4 Å². The third-order valence-electron chi connectivity index (χ3n) is 3.89. The minimum atomic E-state index is -1.38. The lowest BCUT2D eigenvalue weighted by molar-refractivity contribution is -0.317. The number of likely N-dealkylation sites (tertiary alicyclic amines) is 1. The summed E-state index contributed by atoms with van der Waals surface area (Å²) in [4.78, 5) is 25.6. The maximum atomic E-state index is 12.4. The first-order valence-electron chi connectivity index (χ1n) is 7.61. The van der Waals surface area contributed by atoms with Crippen molar-refractivity contribution in [2.45, 2.75) is 51.2 Å². The Bertz CT molecular complexity index is 594. The van der Waals surface area contributed by atoms with Gasteiger partial charge in [0, 0.05) is 18.0 Å². The van der Waals surface area contributed by atoms with Crippen molar-refractivity contribution < 1.29 is 19.4 Å². The molecule has 0 radical (unpaired) electrons. The predicted octanol–water partition coefficient (Wildman–Crippen LogP) is 2.40. The molecule has 1 aromatic rings. The summed E-state index contributed by atoms with van der Waals surface area (Å²) in [5.41, 5.74) is -1.28. The molecule has 1 fully saturated rings. The average Bonchev–Trinajstić information content (AvgIpc) is 2.84. The second-order valence-corrected chi connectivity index (χ2v) is 7.29. The number of carbonyl (C=O) groups is 2. The van der Waals surface area contributed by atoms with E-state index in [0.717, 1.165) is 5.56 Å². The summed E-state index contributed by atoms with van der Waals surface area (Å²) in [6, 6.07) is 6.93. The molecule has 1 aliphatic rings. The number of hydrogen-bond donors (Lipinski definition) is 0. The van der Waals surface area contributed by atoms with Crippen LogP contribution in [-0.4, -0.2) is 34.6 Å². The third-order valence-corrected chi connectivity index (χ3v) is 4.14. The van der Waals surface area contributed by atoms with Crippen molar-refractivity contribution in [3.63, 3.8) is 0 Å². The fourth-order valence-corrected chi connectivity index (χ4v) is 3.00. The van der Waals surface area contributed by atoms with E-state index in [-0.39, 0.29) is 6.42 Å². The molecule has 1 aromatic carbocycles. The highest BCUT2D eigenvalue weighted by atomic mass is 35.5. The summed E-state index contributed by atoms with van der Waals surface area (Å²) in [6.07, 6.45) is 0.497. The Balaban J connectivity index is 2.29. The number of halogens is 1. The monoisotopic (exact) mass is 338 g/mol. The van der Waals surface area contributed by atoms with Crippen molar-refractivity contribution in [1.29, 1.82) is 0 Å². The summed E-state index contributed by atoms with van der Waals surface area (Å²) in [5, 5.41) is 12.5. The smallest absolute Gasteiger partial charge is 0.411 e. The third kappa shape index (κ3) is 3.96. The Morgan fingerprint density at radius 3 is 2.43 bits per heavy atom. The molecule has 1 atom stereocenters. The van der Waals surface area contributed by atoms with Gasteiger partial charge in [-0.15, -0.1) is 0 Å². The number of hydrogen-bond acceptors (Lipinski definition) is 4. The minimum absolute atomic E-state index is 0.172. The molecule has 23 heavy (non-hydrogen) atoms.